The maximum Gasteiger partial charge on any atom is 0.0236 e. The van der Waals surface area contributed by atoms with Crippen molar-refractivity contribution in [3.05, 3.63) is 34.9 Å². The third-order valence-electron chi connectivity index (χ3n) is 2.84. The van der Waals surface area contributed by atoms with E-state index < -0.39 is 0 Å². The van der Waals surface area contributed by atoms with Crippen molar-refractivity contribution in [2.45, 2.75) is 26.8 Å². The first-order chi connectivity index (χ1) is 6.25. The zero-order chi connectivity index (χ0) is 9.26. The lowest BCUT2D eigenvalue weighted by Gasteiger charge is -2.31. The lowest BCUT2D eigenvalue weighted by Crippen LogP contribution is -2.36. The number of rotatable bonds is 2. The fourth-order valence-corrected chi connectivity index (χ4v) is 1.80. The predicted molar refractivity (Wildman–Crippen MR) is 55.8 cm³/mol. The number of aryl methyl sites for hydroxylation is 2. The molecule has 1 heteroatoms. The second kappa shape index (κ2) is 3.51. The van der Waals surface area contributed by atoms with Gasteiger partial charge in [0.2, 0.25) is 0 Å². The Hall–Kier alpha value is -0.820. The summed E-state index contributed by atoms with van der Waals surface area (Å²) in [7, 11) is 0. The maximum atomic E-state index is 2.50. The molecule has 1 aliphatic heterocycles. The van der Waals surface area contributed by atoms with Gasteiger partial charge in [0.25, 0.3) is 0 Å². The quantitative estimate of drug-likeness (QED) is 0.667. The number of hydrogen-bond acceptors (Lipinski definition) is 1. The molecule has 0 spiro atoms. The van der Waals surface area contributed by atoms with Crippen molar-refractivity contribution >= 4 is 0 Å². The lowest BCUT2D eigenvalue weighted by molar-refractivity contribution is 0.172. The van der Waals surface area contributed by atoms with E-state index in [1.165, 1.54) is 36.2 Å². The van der Waals surface area contributed by atoms with Crippen LogP contribution in [-0.4, -0.2) is 18.0 Å². The van der Waals surface area contributed by atoms with Gasteiger partial charge in [-0.25, -0.2) is 0 Å². The summed E-state index contributed by atoms with van der Waals surface area (Å²) in [6.07, 6.45) is 1.38. The van der Waals surface area contributed by atoms with Crippen molar-refractivity contribution in [3.63, 3.8) is 0 Å². The van der Waals surface area contributed by atoms with E-state index in [9.17, 15) is 0 Å². The molecule has 0 amide bonds. The van der Waals surface area contributed by atoms with Crippen molar-refractivity contribution < 1.29 is 0 Å². The van der Waals surface area contributed by atoms with Crippen molar-refractivity contribution in [1.82, 2.24) is 4.90 Å². The smallest absolute Gasteiger partial charge is 0.0236 e. The average Bonchev–Trinajstić information content (AvgIpc) is 1.99. The second-order valence-corrected chi connectivity index (χ2v) is 4.06. The van der Waals surface area contributed by atoms with E-state index in [-0.39, 0.29) is 0 Å². The molecule has 0 bridgehead atoms. The van der Waals surface area contributed by atoms with Gasteiger partial charge < -0.3 is 0 Å². The van der Waals surface area contributed by atoms with Crippen LogP contribution in [0.15, 0.2) is 18.2 Å². The third kappa shape index (κ3) is 1.92. The molecule has 1 fully saturated rings. The van der Waals surface area contributed by atoms with Crippen LogP contribution >= 0.6 is 0 Å². The molecule has 0 radical (unpaired) electrons. The Morgan fingerprint density at radius 2 is 2.00 bits per heavy atom. The van der Waals surface area contributed by atoms with Crippen molar-refractivity contribution in [3.8, 4) is 0 Å². The third-order valence-corrected chi connectivity index (χ3v) is 2.84. The maximum absolute atomic E-state index is 2.50. The van der Waals surface area contributed by atoms with Crippen molar-refractivity contribution in [1.29, 1.82) is 0 Å². The Labute approximate surface area is 80.4 Å². The molecule has 2 rings (SSSR count). The summed E-state index contributed by atoms with van der Waals surface area (Å²) in [6.45, 7) is 8.08. The van der Waals surface area contributed by atoms with Crippen molar-refractivity contribution in [2.75, 3.05) is 13.1 Å². The van der Waals surface area contributed by atoms with Crippen LogP contribution < -0.4 is 0 Å². The highest BCUT2D eigenvalue weighted by molar-refractivity contribution is 5.30. The Bertz CT molecular complexity index is 300. The highest BCUT2D eigenvalue weighted by Gasteiger charge is 2.14. The number of benzene rings is 1. The summed E-state index contributed by atoms with van der Waals surface area (Å²) in [5.41, 5.74) is 4.29. The molecule has 0 saturated carbocycles. The van der Waals surface area contributed by atoms with Gasteiger partial charge in [0.1, 0.15) is 0 Å². The largest absolute Gasteiger partial charge is 0.299 e. The topological polar surface area (TPSA) is 3.24 Å². The van der Waals surface area contributed by atoms with Gasteiger partial charge in [-0.1, -0.05) is 23.8 Å². The molecular formula is C12H17N. The Kier molecular flexibility index (Phi) is 2.36. The first-order valence-corrected chi connectivity index (χ1v) is 5.04. The molecule has 1 aromatic carbocycles. The lowest BCUT2D eigenvalue weighted by atomic mass is 10.0. The van der Waals surface area contributed by atoms with Gasteiger partial charge in [0, 0.05) is 6.54 Å². The van der Waals surface area contributed by atoms with Crippen molar-refractivity contribution in [2.24, 2.45) is 0 Å². The van der Waals surface area contributed by atoms with E-state index >= 15 is 0 Å². The van der Waals surface area contributed by atoms with Gasteiger partial charge in [-0.15, -0.1) is 0 Å². The molecule has 0 aromatic heterocycles. The van der Waals surface area contributed by atoms with Crippen LogP contribution in [0.25, 0.3) is 0 Å². The Morgan fingerprint density at radius 1 is 1.23 bits per heavy atom. The minimum Gasteiger partial charge on any atom is -0.299 e. The molecule has 70 valence electrons. The number of hydrogen-bond donors (Lipinski definition) is 0. The summed E-state index contributed by atoms with van der Waals surface area (Å²) < 4.78 is 0. The molecule has 1 saturated heterocycles. The van der Waals surface area contributed by atoms with Gasteiger partial charge in [0.15, 0.2) is 0 Å². The second-order valence-electron chi connectivity index (χ2n) is 4.06. The Balaban J connectivity index is 2.10. The van der Waals surface area contributed by atoms with Gasteiger partial charge >= 0.3 is 0 Å². The standard InChI is InChI=1S/C12H17N/c1-10-4-5-12(11(2)8-10)9-13-6-3-7-13/h4-5,8H,3,6-7,9H2,1-2H3. The van der Waals surface area contributed by atoms with Crippen LogP contribution in [-0.2, 0) is 6.54 Å². The molecule has 0 aliphatic carbocycles. The molecule has 1 aromatic rings. The summed E-state index contributed by atoms with van der Waals surface area (Å²) in [5, 5.41) is 0. The van der Waals surface area contributed by atoms with E-state index in [2.05, 4.69) is 36.9 Å². The van der Waals surface area contributed by atoms with E-state index in [4.69, 9.17) is 0 Å². The predicted octanol–water partition coefficient (Wildman–Crippen LogP) is 2.51. The summed E-state index contributed by atoms with van der Waals surface area (Å²) >= 11 is 0. The van der Waals surface area contributed by atoms with E-state index in [1.54, 1.807) is 0 Å². The van der Waals surface area contributed by atoms with Crippen LogP contribution in [0.5, 0.6) is 0 Å². The van der Waals surface area contributed by atoms with Gasteiger partial charge in [-0.3, -0.25) is 4.90 Å². The zero-order valence-electron chi connectivity index (χ0n) is 8.51. The molecular weight excluding hydrogens is 158 g/mol. The average molecular weight is 175 g/mol. The summed E-state index contributed by atoms with van der Waals surface area (Å²) in [5.74, 6) is 0. The zero-order valence-corrected chi connectivity index (χ0v) is 8.51. The fourth-order valence-electron chi connectivity index (χ4n) is 1.80. The molecule has 1 aliphatic rings. The van der Waals surface area contributed by atoms with Gasteiger partial charge in [0.05, 0.1) is 0 Å². The summed E-state index contributed by atoms with van der Waals surface area (Å²) in [6, 6.07) is 6.75. The van der Waals surface area contributed by atoms with Crippen LogP contribution in [0.4, 0.5) is 0 Å². The molecule has 13 heavy (non-hydrogen) atoms. The highest BCUT2D eigenvalue weighted by Crippen LogP contribution is 2.16. The fraction of sp³-hybridized carbons (Fsp3) is 0.500. The first kappa shape index (κ1) is 8.76. The number of likely N-dealkylation sites (tertiary alicyclic amines) is 1. The monoisotopic (exact) mass is 175 g/mol. The molecule has 1 nitrogen and oxygen atoms in total. The molecule has 1 heterocycles. The minimum atomic E-state index is 1.14. The molecule has 0 atom stereocenters. The van der Waals surface area contributed by atoms with Crippen LogP contribution in [0.1, 0.15) is 23.1 Å². The van der Waals surface area contributed by atoms with Crippen LogP contribution in [0.2, 0.25) is 0 Å². The normalized spacial score (nSPS) is 17.1. The Morgan fingerprint density at radius 3 is 2.54 bits per heavy atom. The number of nitrogens with zero attached hydrogens (tertiary/aromatic N) is 1. The SMILES string of the molecule is Cc1ccc(CN2CCC2)c(C)c1. The van der Waals surface area contributed by atoms with E-state index in [1.807, 2.05) is 0 Å². The van der Waals surface area contributed by atoms with Crippen LogP contribution in [0, 0.1) is 13.8 Å². The van der Waals surface area contributed by atoms with Crippen LogP contribution in [0.3, 0.4) is 0 Å². The van der Waals surface area contributed by atoms with E-state index in [0.717, 1.165) is 6.54 Å². The molecule has 0 unspecified atom stereocenters. The highest BCUT2D eigenvalue weighted by atomic mass is 15.2. The summed E-state index contributed by atoms with van der Waals surface area (Å²) in [4.78, 5) is 2.50. The van der Waals surface area contributed by atoms with Gasteiger partial charge in [-0.05, 0) is 44.5 Å². The minimum absolute atomic E-state index is 1.14. The molecule has 0 N–H and O–H groups in total. The van der Waals surface area contributed by atoms with E-state index in [0.29, 0.717) is 0 Å². The van der Waals surface area contributed by atoms with Gasteiger partial charge in [-0.2, -0.15) is 0 Å². The first-order valence-electron chi connectivity index (χ1n) is 5.04.